The van der Waals surface area contributed by atoms with Gasteiger partial charge in [-0.15, -0.1) is 0 Å². The van der Waals surface area contributed by atoms with Gasteiger partial charge in [-0.25, -0.2) is 0 Å². The van der Waals surface area contributed by atoms with Crippen molar-refractivity contribution in [2.45, 2.75) is 19.3 Å². The third-order valence-electron chi connectivity index (χ3n) is 13.8. The van der Waals surface area contributed by atoms with Crippen LogP contribution in [0.1, 0.15) is 25.0 Å². The Balaban J connectivity index is 1.11. The van der Waals surface area contributed by atoms with E-state index in [1.54, 1.807) is 0 Å². The molecule has 0 amide bonds. The van der Waals surface area contributed by atoms with E-state index in [2.05, 4.69) is 242 Å². The van der Waals surface area contributed by atoms with E-state index in [0.717, 1.165) is 55.7 Å². The van der Waals surface area contributed by atoms with Gasteiger partial charge in [-0.1, -0.05) is 172 Å². The Morgan fingerprint density at radius 3 is 1.88 bits per heavy atom. The number of para-hydroxylation sites is 2. The van der Waals surface area contributed by atoms with Crippen LogP contribution in [-0.2, 0) is 5.41 Å². The molecule has 0 saturated heterocycles. The Bertz CT molecular complexity index is 3790. The zero-order chi connectivity index (χ0) is 42.5. The minimum absolute atomic E-state index is 0.145. The van der Waals surface area contributed by atoms with Gasteiger partial charge < -0.3 is 13.9 Å². The van der Waals surface area contributed by atoms with Crippen molar-refractivity contribution in [3.05, 3.63) is 230 Å². The van der Waals surface area contributed by atoms with Crippen LogP contribution in [0, 0.1) is 0 Å². The van der Waals surface area contributed by atoms with E-state index in [1.165, 1.54) is 66.1 Å². The zero-order valence-electron chi connectivity index (χ0n) is 35.6. The first-order valence-corrected chi connectivity index (χ1v) is 22.2. The van der Waals surface area contributed by atoms with Crippen LogP contribution < -0.4 is 4.90 Å². The normalized spacial score (nSPS) is 13.0. The zero-order valence-corrected chi connectivity index (χ0v) is 35.6. The summed E-state index contributed by atoms with van der Waals surface area (Å²) in [6.45, 7) is 4.72. The Morgan fingerprint density at radius 1 is 0.406 bits per heavy atom. The maximum atomic E-state index is 6.80. The molecule has 0 spiro atoms. The van der Waals surface area contributed by atoms with E-state index in [4.69, 9.17) is 4.42 Å². The van der Waals surface area contributed by atoms with Crippen LogP contribution in [0.5, 0.6) is 0 Å². The van der Waals surface area contributed by atoms with Gasteiger partial charge in [0.2, 0.25) is 0 Å². The van der Waals surface area contributed by atoms with Crippen molar-refractivity contribution in [2.75, 3.05) is 4.90 Å². The van der Waals surface area contributed by atoms with Gasteiger partial charge in [0, 0.05) is 61.3 Å². The quantitative estimate of drug-likeness (QED) is 0.167. The monoisotopic (exact) mass is 818 g/mol. The summed E-state index contributed by atoms with van der Waals surface area (Å²) in [6.07, 6.45) is 0. The van der Waals surface area contributed by atoms with Crippen molar-refractivity contribution in [1.82, 2.24) is 4.57 Å². The molecule has 0 aliphatic heterocycles. The molecule has 0 radical (unpaired) electrons. The number of rotatable bonds is 6. The maximum absolute atomic E-state index is 6.80. The third-order valence-corrected chi connectivity index (χ3v) is 13.8. The molecule has 0 bridgehead atoms. The fourth-order valence-electron chi connectivity index (χ4n) is 10.8. The summed E-state index contributed by atoms with van der Waals surface area (Å²) in [5.74, 6) is 0. The first-order valence-electron chi connectivity index (χ1n) is 22.2. The van der Waals surface area contributed by atoms with Crippen molar-refractivity contribution in [2.24, 2.45) is 0 Å². The second-order valence-electron chi connectivity index (χ2n) is 17.7. The highest BCUT2D eigenvalue weighted by Crippen LogP contribution is 2.52. The first kappa shape index (κ1) is 36.5. The molecule has 64 heavy (non-hydrogen) atoms. The molecule has 3 nitrogen and oxygen atoms in total. The number of furan rings is 1. The number of anilines is 3. The minimum Gasteiger partial charge on any atom is -0.456 e. The van der Waals surface area contributed by atoms with E-state index >= 15 is 0 Å². The van der Waals surface area contributed by atoms with E-state index in [1.807, 2.05) is 0 Å². The van der Waals surface area contributed by atoms with E-state index in [9.17, 15) is 0 Å². The largest absolute Gasteiger partial charge is 0.456 e. The van der Waals surface area contributed by atoms with Crippen molar-refractivity contribution >= 4 is 71.6 Å². The lowest BCUT2D eigenvalue weighted by atomic mass is 9.82. The molecule has 3 heteroatoms. The molecule has 10 aromatic carbocycles. The average molecular weight is 819 g/mol. The van der Waals surface area contributed by atoms with Crippen molar-refractivity contribution in [3.8, 4) is 39.1 Å². The lowest BCUT2D eigenvalue weighted by Crippen LogP contribution is -2.16. The van der Waals surface area contributed by atoms with Gasteiger partial charge in [-0.05, 0) is 104 Å². The number of aromatic nitrogens is 1. The van der Waals surface area contributed by atoms with E-state index in [0.29, 0.717) is 0 Å². The molecule has 13 rings (SSSR count). The van der Waals surface area contributed by atoms with Gasteiger partial charge in [-0.2, -0.15) is 0 Å². The standard InChI is InChI=1S/C61H42N2O/c1-61(2)52-26-13-11-23-47(52)48-34-32-44(36-53(48)61)62(43-30-28-40(29-31-43)39-16-5-3-6-17-39)45-33-35-50-54(37-45)63(42-20-7-4-8-21-42)55-38-57-59(51-24-12-14-27-56(51)64-57)60(58(50)55)49-25-15-19-41-18-9-10-22-46(41)49/h3-38H,1-2H3. The summed E-state index contributed by atoms with van der Waals surface area (Å²) in [7, 11) is 0. The van der Waals surface area contributed by atoms with Crippen molar-refractivity contribution in [3.63, 3.8) is 0 Å². The third kappa shape index (κ3) is 5.41. The number of benzene rings is 10. The summed E-state index contributed by atoms with van der Waals surface area (Å²) < 4.78 is 9.23. The summed E-state index contributed by atoms with van der Waals surface area (Å²) in [4.78, 5) is 2.44. The molecule has 2 heterocycles. The van der Waals surface area contributed by atoms with Crippen LogP contribution >= 0.6 is 0 Å². The fraction of sp³-hybridized carbons (Fsp3) is 0.0492. The SMILES string of the molecule is CC1(C)c2ccccc2-c2ccc(N(c3ccc(-c4ccccc4)cc3)c3ccc4c5c(-c6cccc7ccccc67)c6c(cc5n(-c5ccccc5)c4c3)oc3ccccc36)cc21. The molecule has 0 saturated carbocycles. The Hall–Kier alpha value is -8.14. The van der Waals surface area contributed by atoms with Crippen LogP contribution in [0.2, 0.25) is 0 Å². The second kappa shape index (κ2) is 13.9. The fourth-order valence-corrected chi connectivity index (χ4v) is 10.8. The second-order valence-corrected chi connectivity index (χ2v) is 17.7. The molecule has 12 aromatic rings. The molecule has 1 aliphatic rings. The van der Waals surface area contributed by atoms with Gasteiger partial charge in [0.15, 0.2) is 0 Å². The average Bonchev–Trinajstić information content (AvgIpc) is 3.96. The molecular formula is C61H42N2O. The highest BCUT2D eigenvalue weighted by Gasteiger charge is 2.36. The molecule has 0 unspecified atom stereocenters. The summed E-state index contributed by atoms with van der Waals surface area (Å²) in [5, 5.41) is 7.07. The van der Waals surface area contributed by atoms with Gasteiger partial charge in [0.25, 0.3) is 0 Å². The first-order chi connectivity index (χ1) is 31.5. The highest BCUT2D eigenvalue weighted by atomic mass is 16.3. The van der Waals surface area contributed by atoms with Crippen LogP contribution in [0.25, 0.3) is 93.6 Å². The summed E-state index contributed by atoms with van der Waals surface area (Å²) in [5.41, 5.74) is 18.3. The van der Waals surface area contributed by atoms with E-state index in [-0.39, 0.29) is 5.41 Å². The number of fused-ring (bicyclic) bond motifs is 10. The Kier molecular flexibility index (Phi) is 7.95. The van der Waals surface area contributed by atoms with Crippen LogP contribution in [-0.4, -0.2) is 4.57 Å². The molecule has 1 aliphatic carbocycles. The van der Waals surface area contributed by atoms with Crippen molar-refractivity contribution < 1.29 is 4.42 Å². The van der Waals surface area contributed by atoms with Crippen LogP contribution in [0.4, 0.5) is 17.1 Å². The smallest absolute Gasteiger partial charge is 0.138 e. The summed E-state index contributed by atoms with van der Waals surface area (Å²) >= 11 is 0. The number of nitrogens with zero attached hydrogens (tertiary/aromatic N) is 2. The van der Waals surface area contributed by atoms with Gasteiger partial charge in [0.05, 0.1) is 11.0 Å². The lowest BCUT2D eigenvalue weighted by Gasteiger charge is -2.28. The van der Waals surface area contributed by atoms with Gasteiger partial charge in [0.1, 0.15) is 11.2 Å². The predicted octanol–water partition coefficient (Wildman–Crippen LogP) is 16.9. The van der Waals surface area contributed by atoms with Crippen LogP contribution in [0.3, 0.4) is 0 Å². The van der Waals surface area contributed by atoms with Gasteiger partial charge >= 0.3 is 0 Å². The van der Waals surface area contributed by atoms with Crippen LogP contribution in [0.15, 0.2) is 223 Å². The van der Waals surface area contributed by atoms with Crippen molar-refractivity contribution in [1.29, 1.82) is 0 Å². The molecular weight excluding hydrogens is 777 g/mol. The molecule has 2 aromatic heterocycles. The molecule has 0 atom stereocenters. The highest BCUT2D eigenvalue weighted by molar-refractivity contribution is 6.29. The molecule has 302 valence electrons. The topological polar surface area (TPSA) is 21.3 Å². The number of hydrogen-bond acceptors (Lipinski definition) is 2. The minimum atomic E-state index is -0.145. The lowest BCUT2D eigenvalue weighted by molar-refractivity contribution is 0.660. The Morgan fingerprint density at radius 2 is 1.03 bits per heavy atom. The molecule has 0 N–H and O–H groups in total. The summed E-state index contributed by atoms with van der Waals surface area (Å²) in [6, 6.07) is 79.6. The number of hydrogen-bond donors (Lipinski definition) is 0. The predicted molar refractivity (Wildman–Crippen MR) is 269 cm³/mol. The van der Waals surface area contributed by atoms with Gasteiger partial charge in [-0.3, -0.25) is 0 Å². The molecule has 0 fully saturated rings. The van der Waals surface area contributed by atoms with E-state index < -0.39 is 0 Å². The Labute approximate surface area is 371 Å². The maximum Gasteiger partial charge on any atom is 0.138 e.